The summed E-state index contributed by atoms with van der Waals surface area (Å²) >= 11 is 6.07. The van der Waals surface area contributed by atoms with Crippen LogP contribution in [0.25, 0.3) is 0 Å². The van der Waals surface area contributed by atoms with Gasteiger partial charge in [0.1, 0.15) is 0 Å². The number of ether oxygens (including phenoxy) is 1. The molecule has 0 spiro atoms. The predicted octanol–water partition coefficient (Wildman–Crippen LogP) is 1.50. The Hall–Kier alpha value is -2.04. The first-order valence-electron chi connectivity index (χ1n) is 8.66. The highest BCUT2D eigenvalue weighted by Gasteiger charge is 2.33. The zero-order valence-electron chi connectivity index (χ0n) is 15.3. The predicted molar refractivity (Wildman–Crippen MR) is 105 cm³/mol. The molecule has 1 atom stereocenters. The van der Waals surface area contributed by atoms with Crippen LogP contribution < -0.4 is 10.0 Å². The molecule has 1 aliphatic rings. The average Bonchev–Trinajstić information content (AvgIpc) is 2.72. The van der Waals surface area contributed by atoms with Crippen molar-refractivity contribution in [3.8, 4) is 0 Å². The number of carbonyl (C=O) groups excluding carboxylic acids is 1. The van der Waals surface area contributed by atoms with Gasteiger partial charge < -0.3 is 10.1 Å². The summed E-state index contributed by atoms with van der Waals surface area (Å²) in [5.74, 6) is -0.496. The minimum Gasteiger partial charge on any atom is -0.465 e. The van der Waals surface area contributed by atoms with Crippen LogP contribution in [0.2, 0.25) is 5.02 Å². The van der Waals surface area contributed by atoms with Gasteiger partial charge in [-0.1, -0.05) is 23.7 Å². The molecule has 3 rings (SSSR count). The lowest BCUT2D eigenvalue weighted by Gasteiger charge is -2.35. The van der Waals surface area contributed by atoms with Crippen molar-refractivity contribution in [2.24, 2.45) is 0 Å². The van der Waals surface area contributed by atoms with E-state index in [0.29, 0.717) is 35.9 Å². The normalized spacial score (nSPS) is 18.0. The Morgan fingerprint density at radius 1 is 1.39 bits per heavy atom. The summed E-state index contributed by atoms with van der Waals surface area (Å²) in [7, 11) is -2.47. The summed E-state index contributed by atoms with van der Waals surface area (Å²) in [6, 6.07) is 9.95. The van der Waals surface area contributed by atoms with Crippen molar-refractivity contribution in [2.45, 2.75) is 12.6 Å². The maximum atomic E-state index is 12.9. The van der Waals surface area contributed by atoms with E-state index in [1.165, 1.54) is 17.6 Å². The molecule has 10 heteroatoms. The zero-order chi connectivity index (χ0) is 20.1. The van der Waals surface area contributed by atoms with E-state index in [1.54, 1.807) is 30.3 Å². The highest BCUT2D eigenvalue weighted by molar-refractivity contribution is 7.87. The molecule has 1 saturated heterocycles. The van der Waals surface area contributed by atoms with E-state index in [1.807, 2.05) is 6.07 Å². The maximum Gasteiger partial charge on any atom is 0.339 e. The van der Waals surface area contributed by atoms with Gasteiger partial charge in [0.05, 0.1) is 31.0 Å². The minimum atomic E-state index is -3.75. The molecule has 1 aromatic heterocycles. The van der Waals surface area contributed by atoms with Crippen molar-refractivity contribution in [3.05, 3.63) is 64.4 Å². The van der Waals surface area contributed by atoms with Crippen molar-refractivity contribution in [1.29, 1.82) is 0 Å². The number of piperazine rings is 1. The Kier molecular flexibility index (Phi) is 6.63. The van der Waals surface area contributed by atoms with Crippen LogP contribution in [0.5, 0.6) is 0 Å². The number of carbonyl (C=O) groups is 1. The molecule has 0 amide bonds. The fourth-order valence-corrected chi connectivity index (χ4v) is 4.54. The summed E-state index contributed by atoms with van der Waals surface area (Å²) in [4.78, 5) is 15.6. The second kappa shape index (κ2) is 8.97. The largest absolute Gasteiger partial charge is 0.465 e. The fourth-order valence-electron chi connectivity index (χ4n) is 2.99. The van der Waals surface area contributed by atoms with Crippen LogP contribution in [0.1, 0.15) is 27.7 Å². The van der Waals surface area contributed by atoms with E-state index in [-0.39, 0.29) is 12.6 Å². The minimum absolute atomic E-state index is 0.00990. The Morgan fingerprint density at radius 2 is 2.21 bits per heavy atom. The molecule has 1 fully saturated rings. The van der Waals surface area contributed by atoms with Crippen LogP contribution >= 0.6 is 11.6 Å². The molecular formula is C18H21ClN4O4S. The second-order valence-corrected chi connectivity index (χ2v) is 8.39. The molecule has 0 bridgehead atoms. The van der Waals surface area contributed by atoms with Gasteiger partial charge in [-0.15, -0.1) is 0 Å². The lowest BCUT2D eigenvalue weighted by molar-refractivity contribution is 0.0600. The van der Waals surface area contributed by atoms with Gasteiger partial charge in [-0.25, -0.2) is 4.79 Å². The number of hydrogen-bond acceptors (Lipinski definition) is 6. The van der Waals surface area contributed by atoms with Gasteiger partial charge in [0, 0.05) is 30.9 Å². The van der Waals surface area contributed by atoms with Crippen LogP contribution in [0.15, 0.2) is 42.6 Å². The molecule has 1 unspecified atom stereocenters. The third-order valence-corrected chi connectivity index (χ3v) is 6.22. The molecule has 1 aliphatic heterocycles. The maximum absolute atomic E-state index is 12.9. The smallest absolute Gasteiger partial charge is 0.339 e. The van der Waals surface area contributed by atoms with Crippen molar-refractivity contribution in [2.75, 3.05) is 26.7 Å². The van der Waals surface area contributed by atoms with Crippen LogP contribution in [0.3, 0.4) is 0 Å². The van der Waals surface area contributed by atoms with E-state index in [0.717, 1.165) is 5.56 Å². The molecule has 8 nitrogen and oxygen atoms in total. The number of rotatable bonds is 6. The topological polar surface area (TPSA) is 101 Å². The number of nitrogens with zero attached hydrogens (tertiary/aromatic N) is 2. The monoisotopic (exact) mass is 424 g/mol. The lowest BCUT2D eigenvalue weighted by atomic mass is 10.1. The number of hydrogen-bond donors (Lipinski definition) is 2. The zero-order valence-corrected chi connectivity index (χ0v) is 16.8. The summed E-state index contributed by atoms with van der Waals surface area (Å²) in [6.45, 7) is 1.40. The van der Waals surface area contributed by atoms with Crippen LogP contribution in [0, 0.1) is 0 Å². The average molecular weight is 425 g/mol. The molecule has 0 saturated carbocycles. The quantitative estimate of drug-likeness (QED) is 0.681. The molecule has 0 aliphatic carbocycles. The third-order valence-electron chi connectivity index (χ3n) is 4.42. The van der Waals surface area contributed by atoms with Gasteiger partial charge in [0.25, 0.3) is 10.2 Å². The first kappa shape index (κ1) is 20.7. The number of benzene rings is 1. The lowest BCUT2D eigenvalue weighted by Crippen LogP contribution is -2.52. The molecule has 2 aromatic rings. The summed E-state index contributed by atoms with van der Waals surface area (Å²) in [6.07, 6.45) is 1.36. The molecule has 1 aromatic carbocycles. The number of nitrogens with one attached hydrogen (secondary N) is 2. The van der Waals surface area contributed by atoms with Gasteiger partial charge in [-0.05, 0) is 29.8 Å². The number of pyridine rings is 1. The first-order chi connectivity index (χ1) is 13.4. The van der Waals surface area contributed by atoms with Gasteiger partial charge in [0.15, 0.2) is 0 Å². The molecule has 28 heavy (non-hydrogen) atoms. The number of halogens is 1. The van der Waals surface area contributed by atoms with Crippen molar-refractivity contribution in [3.63, 3.8) is 0 Å². The number of aromatic nitrogens is 1. The van der Waals surface area contributed by atoms with E-state index in [9.17, 15) is 13.2 Å². The van der Waals surface area contributed by atoms with E-state index < -0.39 is 16.2 Å². The Labute approximate surface area is 169 Å². The standard InChI is InChI=1S/C18H21ClN4O4S/c1-27-18(24)14-5-6-16(21-10-14)11-22-28(25,26)23-8-7-20-12-17(23)13-3-2-4-15(19)9-13/h2-6,9-10,17,20,22H,7-8,11-12H2,1H3. The van der Waals surface area contributed by atoms with E-state index in [2.05, 4.69) is 19.8 Å². The fraction of sp³-hybridized carbons (Fsp3) is 0.333. The summed E-state index contributed by atoms with van der Waals surface area (Å²) in [5.41, 5.74) is 1.62. The van der Waals surface area contributed by atoms with E-state index in [4.69, 9.17) is 11.6 Å². The summed E-state index contributed by atoms with van der Waals surface area (Å²) in [5, 5.41) is 3.78. The van der Waals surface area contributed by atoms with Gasteiger partial charge in [-0.3, -0.25) is 4.98 Å². The van der Waals surface area contributed by atoms with E-state index >= 15 is 0 Å². The van der Waals surface area contributed by atoms with Crippen molar-refractivity contribution in [1.82, 2.24) is 19.3 Å². The Bertz CT molecular complexity index is 937. The second-order valence-electron chi connectivity index (χ2n) is 6.24. The molecular weight excluding hydrogens is 404 g/mol. The first-order valence-corrected chi connectivity index (χ1v) is 10.5. The number of methoxy groups -OCH3 is 1. The Balaban J connectivity index is 1.72. The highest BCUT2D eigenvalue weighted by Crippen LogP contribution is 2.26. The SMILES string of the molecule is COC(=O)c1ccc(CNS(=O)(=O)N2CCNCC2c2cccc(Cl)c2)nc1. The molecule has 150 valence electrons. The third kappa shape index (κ3) is 4.86. The van der Waals surface area contributed by atoms with Gasteiger partial charge >= 0.3 is 5.97 Å². The van der Waals surface area contributed by atoms with Crippen LogP contribution in [0.4, 0.5) is 0 Å². The molecule has 0 radical (unpaired) electrons. The van der Waals surface area contributed by atoms with Gasteiger partial charge in [-0.2, -0.15) is 17.4 Å². The van der Waals surface area contributed by atoms with Gasteiger partial charge in [0.2, 0.25) is 0 Å². The van der Waals surface area contributed by atoms with Crippen LogP contribution in [-0.2, 0) is 21.5 Å². The van der Waals surface area contributed by atoms with Crippen molar-refractivity contribution >= 4 is 27.8 Å². The molecule has 2 N–H and O–H groups in total. The molecule has 2 heterocycles. The summed E-state index contributed by atoms with van der Waals surface area (Å²) < 4.78 is 34.4. The van der Waals surface area contributed by atoms with Crippen LogP contribution in [-0.4, -0.2) is 50.4 Å². The Morgan fingerprint density at radius 3 is 2.89 bits per heavy atom. The highest BCUT2D eigenvalue weighted by atomic mass is 35.5. The number of esters is 1. The van der Waals surface area contributed by atoms with Crippen molar-refractivity contribution < 1.29 is 17.9 Å².